The number of halogens is 2. The van der Waals surface area contributed by atoms with E-state index in [1.54, 1.807) is 42.3 Å². The Morgan fingerprint density at radius 1 is 1.33 bits per heavy atom. The monoisotopic (exact) mass is 411 g/mol. The first kappa shape index (κ1) is 21.2. The number of benzene rings is 1. The molecule has 0 bridgehead atoms. The number of hydrogen-bond donors (Lipinski definition) is 2. The third-order valence-electron chi connectivity index (χ3n) is 4.51. The van der Waals surface area contributed by atoms with E-state index in [0.29, 0.717) is 30.2 Å². The van der Waals surface area contributed by atoms with Gasteiger partial charge in [0.15, 0.2) is 0 Å². The van der Waals surface area contributed by atoms with Gasteiger partial charge in [-0.15, -0.1) is 12.4 Å². The number of carbonyl (C=O) groups is 2. The zero-order chi connectivity index (χ0) is 18.7. The maximum Gasteiger partial charge on any atom is 0.251 e. The second-order valence-corrected chi connectivity index (χ2v) is 6.79. The maximum atomic E-state index is 13.0. The number of nitrogens with one attached hydrogen (secondary N) is 2. The van der Waals surface area contributed by atoms with E-state index in [1.165, 1.54) is 0 Å². The van der Waals surface area contributed by atoms with Gasteiger partial charge in [-0.1, -0.05) is 11.6 Å². The standard InChI is InChI=1S/C18H22ClN5O2.ClH/c1-12(22-17(25)13-3-5-14(19)6-4-13)18(26)24-10-7-20-11-15(24)16-21-8-9-23(16)2;/h3-6,8-9,12,15,20H,7,10-11H2,1-2H3,(H,22,25);1H. The topological polar surface area (TPSA) is 79.3 Å². The summed E-state index contributed by atoms with van der Waals surface area (Å²) in [6.07, 6.45) is 3.58. The van der Waals surface area contributed by atoms with Gasteiger partial charge in [-0.05, 0) is 31.2 Å². The van der Waals surface area contributed by atoms with Crippen molar-refractivity contribution in [1.29, 1.82) is 0 Å². The van der Waals surface area contributed by atoms with Crippen LogP contribution in [-0.4, -0.2) is 51.9 Å². The van der Waals surface area contributed by atoms with Crippen LogP contribution in [0.4, 0.5) is 0 Å². The highest BCUT2D eigenvalue weighted by Gasteiger charge is 2.33. The Balaban J connectivity index is 0.00000261. The van der Waals surface area contributed by atoms with Crippen LogP contribution in [0, 0.1) is 0 Å². The predicted octanol–water partition coefficient (Wildman–Crippen LogP) is 1.79. The number of hydrogen-bond acceptors (Lipinski definition) is 4. The van der Waals surface area contributed by atoms with Gasteiger partial charge in [0.05, 0.1) is 0 Å². The fraction of sp³-hybridized carbons (Fsp3) is 0.389. The second kappa shape index (κ2) is 9.21. The molecule has 0 aliphatic carbocycles. The minimum absolute atomic E-state index is 0. The number of imidazole rings is 1. The normalized spacial score (nSPS) is 17.7. The molecule has 2 N–H and O–H groups in total. The molecule has 0 saturated carbocycles. The van der Waals surface area contributed by atoms with Crippen LogP contribution in [0.1, 0.15) is 29.1 Å². The third kappa shape index (κ3) is 4.80. The molecule has 2 amide bonds. The van der Waals surface area contributed by atoms with Crippen molar-refractivity contribution in [3.05, 3.63) is 53.1 Å². The van der Waals surface area contributed by atoms with Gasteiger partial charge in [0.25, 0.3) is 5.91 Å². The van der Waals surface area contributed by atoms with Gasteiger partial charge in [-0.3, -0.25) is 9.59 Å². The van der Waals surface area contributed by atoms with E-state index in [1.807, 2.05) is 17.8 Å². The summed E-state index contributed by atoms with van der Waals surface area (Å²) in [5.74, 6) is 0.398. The van der Waals surface area contributed by atoms with Crippen LogP contribution in [0.25, 0.3) is 0 Å². The fourth-order valence-corrected chi connectivity index (χ4v) is 3.21. The Kier molecular flexibility index (Phi) is 7.24. The molecule has 2 heterocycles. The molecule has 3 rings (SSSR count). The highest BCUT2D eigenvalue weighted by atomic mass is 35.5. The fourth-order valence-electron chi connectivity index (χ4n) is 3.09. The van der Waals surface area contributed by atoms with E-state index in [9.17, 15) is 9.59 Å². The van der Waals surface area contributed by atoms with Crippen LogP contribution in [0.2, 0.25) is 5.02 Å². The summed E-state index contributed by atoms with van der Waals surface area (Å²) in [7, 11) is 1.91. The molecular formula is C18H23Cl2N5O2. The molecule has 0 radical (unpaired) electrons. The number of piperazine rings is 1. The molecular weight excluding hydrogens is 389 g/mol. The number of nitrogens with zero attached hydrogens (tertiary/aromatic N) is 3. The highest BCUT2D eigenvalue weighted by molar-refractivity contribution is 6.30. The van der Waals surface area contributed by atoms with E-state index < -0.39 is 6.04 Å². The van der Waals surface area contributed by atoms with Gasteiger partial charge in [-0.2, -0.15) is 0 Å². The zero-order valence-corrected chi connectivity index (χ0v) is 16.8. The van der Waals surface area contributed by atoms with Crippen LogP contribution in [0.3, 0.4) is 0 Å². The van der Waals surface area contributed by atoms with Gasteiger partial charge in [0.2, 0.25) is 5.91 Å². The Morgan fingerprint density at radius 3 is 2.67 bits per heavy atom. The summed E-state index contributed by atoms with van der Waals surface area (Å²) < 4.78 is 1.91. The molecule has 2 aromatic rings. The van der Waals surface area contributed by atoms with Crippen LogP contribution < -0.4 is 10.6 Å². The molecule has 1 aliphatic rings. The molecule has 1 aliphatic heterocycles. The molecule has 27 heavy (non-hydrogen) atoms. The SMILES string of the molecule is CC(NC(=O)c1ccc(Cl)cc1)C(=O)N1CCNCC1c1nccn1C.Cl. The average Bonchev–Trinajstić information content (AvgIpc) is 3.07. The van der Waals surface area contributed by atoms with Crippen molar-refractivity contribution < 1.29 is 9.59 Å². The van der Waals surface area contributed by atoms with Gasteiger partial charge < -0.3 is 20.1 Å². The van der Waals surface area contributed by atoms with E-state index >= 15 is 0 Å². The van der Waals surface area contributed by atoms with Crippen LogP contribution >= 0.6 is 24.0 Å². The Bertz CT molecular complexity index is 793. The van der Waals surface area contributed by atoms with Crippen LogP contribution in [-0.2, 0) is 11.8 Å². The number of aryl methyl sites for hydroxylation is 1. The Hall–Kier alpha value is -2.09. The lowest BCUT2D eigenvalue weighted by atomic mass is 10.1. The third-order valence-corrected chi connectivity index (χ3v) is 4.76. The average molecular weight is 412 g/mol. The summed E-state index contributed by atoms with van der Waals surface area (Å²) in [4.78, 5) is 31.5. The van der Waals surface area contributed by atoms with Crippen molar-refractivity contribution in [2.24, 2.45) is 7.05 Å². The van der Waals surface area contributed by atoms with Crippen LogP contribution in [0.15, 0.2) is 36.7 Å². The van der Waals surface area contributed by atoms with E-state index in [0.717, 1.165) is 5.82 Å². The lowest BCUT2D eigenvalue weighted by molar-refractivity contribution is -0.136. The quantitative estimate of drug-likeness (QED) is 0.803. The molecule has 146 valence electrons. The molecule has 1 aromatic carbocycles. The molecule has 0 spiro atoms. The van der Waals surface area contributed by atoms with E-state index in [4.69, 9.17) is 11.6 Å². The number of carbonyl (C=O) groups excluding carboxylic acids is 2. The molecule has 1 aromatic heterocycles. The first-order chi connectivity index (χ1) is 12.5. The summed E-state index contributed by atoms with van der Waals surface area (Å²) in [6.45, 7) is 3.62. The Morgan fingerprint density at radius 2 is 2.04 bits per heavy atom. The summed E-state index contributed by atoms with van der Waals surface area (Å²) in [6, 6.07) is 5.77. The minimum atomic E-state index is -0.640. The largest absolute Gasteiger partial charge is 0.341 e. The van der Waals surface area contributed by atoms with Gasteiger partial charge >= 0.3 is 0 Å². The molecule has 9 heteroatoms. The van der Waals surface area contributed by atoms with E-state index in [2.05, 4.69) is 15.6 Å². The van der Waals surface area contributed by atoms with Crippen molar-refractivity contribution in [2.75, 3.05) is 19.6 Å². The van der Waals surface area contributed by atoms with Crippen molar-refractivity contribution >= 4 is 35.8 Å². The number of amides is 2. The molecule has 2 atom stereocenters. The summed E-state index contributed by atoms with van der Waals surface area (Å²) in [5.41, 5.74) is 0.468. The Labute approximate surface area is 169 Å². The highest BCUT2D eigenvalue weighted by Crippen LogP contribution is 2.21. The van der Waals surface area contributed by atoms with Gasteiger partial charge in [-0.25, -0.2) is 4.98 Å². The first-order valence-corrected chi connectivity index (χ1v) is 8.90. The van der Waals surface area contributed by atoms with Gasteiger partial charge in [0, 0.05) is 49.7 Å². The summed E-state index contributed by atoms with van der Waals surface area (Å²) in [5, 5.41) is 6.63. The summed E-state index contributed by atoms with van der Waals surface area (Å²) >= 11 is 5.85. The first-order valence-electron chi connectivity index (χ1n) is 8.52. The lowest BCUT2D eigenvalue weighted by Crippen LogP contribution is -2.54. The molecule has 2 unspecified atom stereocenters. The van der Waals surface area contributed by atoms with Crippen molar-refractivity contribution in [1.82, 2.24) is 25.1 Å². The van der Waals surface area contributed by atoms with Crippen molar-refractivity contribution in [3.8, 4) is 0 Å². The van der Waals surface area contributed by atoms with Crippen molar-refractivity contribution in [3.63, 3.8) is 0 Å². The predicted molar refractivity (Wildman–Crippen MR) is 106 cm³/mol. The van der Waals surface area contributed by atoms with Crippen molar-refractivity contribution in [2.45, 2.75) is 19.0 Å². The molecule has 7 nitrogen and oxygen atoms in total. The number of rotatable bonds is 4. The molecule has 1 fully saturated rings. The zero-order valence-electron chi connectivity index (χ0n) is 15.2. The number of aromatic nitrogens is 2. The second-order valence-electron chi connectivity index (χ2n) is 6.35. The van der Waals surface area contributed by atoms with E-state index in [-0.39, 0.29) is 30.3 Å². The smallest absolute Gasteiger partial charge is 0.251 e. The molecule has 1 saturated heterocycles. The maximum absolute atomic E-state index is 13.0. The lowest BCUT2D eigenvalue weighted by Gasteiger charge is -2.37. The van der Waals surface area contributed by atoms with Crippen LogP contribution in [0.5, 0.6) is 0 Å². The minimum Gasteiger partial charge on any atom is -0.341 e. The van der Waals surface area contributed by atoms with Gasteiger partial charge in [0.1, 0.15) is 17.9 Å².